The van der Waals surface area contributed by atoms with E-state index >= 15 is 0 Å². The van der Waals surface area contributed by atoms with Crippen LogP contribution in [0.15, 0.2) is 18.2 Å². The number of ether oxygens (including phenoxy) is 2. The maximum atomic E-state index is 9.74. The van der Waals surface area contributed by atoms with Gasteiger partial charge in [0.1, 0.15) is 6.04 Å². The number of benzene rings is 1. The highest BCUT2D eigenvalue weighted by atomic mass is 16.5. The zero-order valence-electron chi connectivity index (χ0n) is 13.1. The van der Waals surface area contributed by atoms with Crippen LogP contribution in [-0.2, 0) is 0 Å². The van der Waals surface area contributed by atoms with E-state index in [9.17, 15) is 5.26 Å². The van der Waals surface area contributed by atoms with Gasteiger partial charge in [0.2, 0.25) is 0 Å². The molecule has 0 spiro atoms. The number of rotatable bonds is 5. The summed E-state index contributed by atoms with van der Waals surface area (Å²) in [5.41, 5.74) is 0.903. The maximum Gasteiger partial charge on any atom is 0.166 e. The third-order valence-electron chi connectivity index (χ3n) is 4.33. The van der Waals surface area contributed by atoms with Crippen molar-refractivity contribution in [2.24, 2.45) is 0 Å². The van der Waals surface area contributed by atoms with Gasteiger partial charge in [0.05, 0.1) is 20.3 Å². The van der Waals surface area contributed by atoms with Crippen LogP contribution in [0.2, 0.25) is 0 Å². The Hall–Kier alpha value is -1.73. The quantitative estimate of drug-likeness (QED) is 0.831. The summed E-state index contributed by atoms with van der Waals surface area (Å²) in [5.74, 6) is 1.35. The average Bonchev–Trinajstić information content (AvgIpc) is 2.55. The van der Waals surface area contributed by atoms with Crippen LogP contribution in [0.4, 0.5) is 0 Å². The smallest absolute Gasteiger partial charge is 0.166 e. The van der Waals surface area contributed by atoms with E-state index in [0.29, 0.717) is 17.5 Å². The summed E-state index contributed by atoms with van der Waals surface area (Å²) >= 11 is 0. The lowest BCUT2D eigenvalue weighted by Crippen LogP contribution is -2.41. The summed E-state index contributed by atoms with van der Waals surface area (Å²) in [6, 6.07) is 8.42. The Labute approximate surface area is 127 Å². The van der Waals surface area contributed by atoms with Crippen molar-refractivity contribution in [3.63, 3.8) is 0 Å². The standard InChI is InChI=1S/C17H24N2O2/c1-4-13-8-5-6-11-19(13)15(12-18)14-9-7-10-16(20-2)17(14)21-3/h7,9-10,13,15H,4-6,8,11H2,1-3H3. The Morgan fingerprint density at radius 2 is 2.14 bits per heavy atom. The number of hydrogen-bond acceptors (Lipinski definition) is 4. The topological polar surface area (TPSA) is 45.5 Å². The fourth-order valence-corrected chi connectivity index (χ4v) is 3.25. The summed E-state index contributed by atoms with van der Waals surface area (Å²) in [6.07, 6.45) is 4.65. The van der Waals surface area contributed by atoms with Crippen LogP contribution in [-0.4, -0.2) is 31.7 Å². The molecule has 2 atom stereocenters. The SMILES string of the molecule is CCC1CCCCN1C(C#N)c1cccc(OC)c1OC. The van der Waals surface area contributed by atoms with E-state index in [1.54, 1.807) is 14.2 Å². The molecule has 1 fully saturated rings. The Morgan fingerprint density at radius 1 is 1.33 bits per heavy atom. The van der Waals surface area contributed by atoms with Crippen LogP contribution in [0, 0.1) is 11.3 Å². The van der Waals surface area contributed by atoms with Crippen molar-refractivity contribution < 1.29 is 9.47 Å². The lowest BCUT2D eigenvalue weighted by atomic mass is 9.95. The van der Waals surface area contributed by atoms with E-state index in [0.717, 1.165) is 24.9 Å². The highest BCUT2D eigenvalue weighted by Gasteiger charge is 2.31. The van der Waals surface area contributed by atoms with Gasteiger partial charge >= 0.3 is 0 Å². The van der Waals surface area contributed by atoms with Gasteiger partial charge in [-0.05, 0) is 25.3 Å². The molecular formula is C17H24N2O2. The first kappa shape index (κ1) is 15.7. The molecule has 1 aromatic rings. The van der Waals surface area contributed by atoms with Crippen LogP contribution in [0.1, 0.15) is 44.2 Å². The number of nitrogens with zero attached hydrogens (tertiary/aromatic N) is 2. The van der Waals surface area contributed by atoms with Crippen molar-refractivity contribution >= 4 is 0 Å². The molecule has 0 radical (unpaired) electrons. The van der Waals surface area contributed by atoms with Gasteiger partial charge in [-0.25, -0.2) is 0 Å². The number of methoxy groups -OCH3 is 2. The van der Waals surface area contributed by atoms with Crippen LogP contribution < -0.4 is 9.47 Å². The van der Waals surface area contributed by atoms with Gasteiger partial charge in [0.25, 0.3) is 0 Å². The molecular weight excluding hydrogens is 264 g/mol. The number of piperidine rings is 1. The number of nitriles is 1. The summed E-state index contributed by atoms with van der Waals surface area (Å²) < 4.78 is 10.9. The molecule has 2 rings (SSSR count). The monoisotopic (exact) mass is 288 g/mol. The second-order valence-electron chi connectivity index (χ2n) is 5.41. The van der Waals surface area contributed by atoms with E-state index in [4.69, 9.17) is 9.47 Å². The zero-order valence-corrected chi connectivity index (χ0v) is 13.1. The molecule has 114 valence electrons. The van der Waals surface area contributed by atoms with Crippen LogP contribution in [0.3, 0.4) is 0 Å². The Balaban J connectivity index is 2.39. The fourth-order valence-electron chi connectivity index (χ4n) is 3.25. The van der Waals surface area contributed by atoms with E-state index in [1.807, 2.05) is 18.2 Å². The Morgan fingerprint density at radius 3 is 2.76 bits per heavy atom. The lowest BCUT2D eigenvalue weighted by Gasteiger charge is -2.38. The largest absolute Gasteiger partial charge is 0.493 e. The summed E-state index contributed by atoms with van der Waals surface area (Å²) in [6.45, 7) is 3.16. The minimum absolute atomic E-state index is 0.278. The minimum Gasteiger partial charge on any atom is -0.493 e. The van der Waals surface area contributed by atoms with Crippen molar-refractivity contribution in [1.82, 2.24) is 4.90 Å². The first-order valence-electron chi connectivity index (χ1n) is 7.63. The van der Waals surface area contributed by atoms with E-state index in [-0.39, 0.29) is 6.04 Å². The fraction of sp³-hybridized carbons (Fsp3) is 0.588. The molecule has 0 saturated carbocycles. The molecule has 4 heteroatoms. The van der Waals surface area contributed by atoms with Crippen molar-refractivity contribution in [3.8, 4) is 17.6 Å². The minimum atomic E-state index is -0.278. The molecule has 1 aliphatic heterocycles. The van der Waals surface area contributed by atoms with Crippen LogP contribution in [0.25, 0.3) is 0 Å². The second kappa shape index (κ2) is 7.33. The Bertz CT molecular complexity index is 510. The molecule has 0 aromatic heterocycles. The summed E-state index contributed by atoms with van der Waals surface area (Å²) in [5, 5.41) is 9.74. The van der Waals surface area contributed by atoms with Crippen LogP contribution in [0.5, 0.6) is 11.5 Å². The lowest BCUT2D eigenvalue weighted by molar-refractivity contribution is 0.115. The number of likely N-dealkylation sites (tertiary alicyclic amines) is 1. The molecule has 1 aromatic carbocycles. The zero-order chi connectivity index (χ0) is 15.2. The second-order valence-corrected chi connectivity index (χ2v) is 5.41. The van der Waals surface area contributed by atoms with Gasteiger partial charge in [-0.15, -0.1) is 0 Å². The molecule has 0 aliphatic carbocycles. The normalized spacial score (nSPS) is 20.6. The van der Waals surface area contributed by atoms with Gasteiger partial charge in [0, 0.05) is 18.2 Å². The summed E-state index contributed by atoms with van der Waals surface area (Å²) in [4.78, 5) is 2.32. The van der Waals surface area contributed by atoms with Gasteiger partial charge in [0.15, 0.2) is 11.5 Å². The van der Waals surface area contributed by atoms with Crippen molar-refractivity contribution in [1.29, 1.82) is 5.26 Å². The first-order valence-corrected chi connectivity index (χ1v) is 7.63. The van der Waals surface area contributed by atoms with Crippen molar-refractivity contribution in [2.75, 3.05) is 20.8 Å². The molecule has 0 bridgehead atoms. The molecule has 1 aliphatic rings. The summed E-state index contributed by atoms with van der Waals surface area (Å²) in [7, 11) is 3.25. The third-order valence-corrected chi connectivity index (χ3v) is 4.33. The molecule has 1 saturated heterocycles. The van der Waals surface area contributed by atoms with Gasteiger partial charge in [-0.2, -0.15) is 5.26 Å². The predicted molar refractivity (Wildman–Crippen MR) is 82.5 cm³/mol. The molecule has 0 N–H and O–H groups in total. The maximum absolute atomic E-state index is 9.74. The Kier molecular flexibility index (Phi) is 5.46. The number of para-hydroxylation sites is 1. The third kappa shape index (κ3) is 3.14. The average molecular weight is 288 g/mol. The van der Waals surface area contributed by atoms with E-state index in [1.165, 1.54) is 12.8 Å². The van der Waals surface area contributed by atoms with E-state index in [2.05, 4.69) is 17.9 Å². The molecule has 0 amide bonds. The number of hydrogen-bond donors (Lipinski definition) is 0. The highest BCUT2D eigenvalue weighted by Crippen LogP contribution is 2.39. The molecule has 21 heavy (non-hydrogen) atoms. The van der Waals surface area contributed by atoms with Crippen molar-refractivity contribution in [2.45, 2.75) is 44.7 Å². The van der Waals surface area contributed by atoms with Gasteiger partial charge in [-0.1, -0.05) is 25.5 Å². The first-order chi connectivity index (χ1) is 10.3. The highest BCUT2D eigenvalue weighted by molar-refractivity contribution is 5.49. The van der Waals surface area contributed by atoms with Crippen LogP contribution >= 0.6 is 0 Å². The predicted octanol–water partition coefficient (Wildman–Crippen LogP) is 3.53. The molecule has 4 nitrogen and oxygen atoms in total. The molecule has 2 unspecified atom stereocenters. The van der Waals surface area contributed by atoms with Gasteiger partial charge in [-0.3, -0.25) is 4.90 Å². The van der Waals surface area contributed by atoms with E-state index < -0.39 is 0 Å². The van der Waals surface area contributed by atoms with Crippen molar-refractivity contribution in [3.05, 3.63) is 23.8 Å². The molecule has 1 heterocycles. The van der Waals surface area contributed by atoms with Gasteiger partial charge < -0.3 is 9.47 Å².